The van der Waals surface area contributed by atoms with Crippen LogP contribution in [0.3, 0.4) is 0 Å². The van der Waals surface area contributed by atoms with Gasteiger partial charge in [-0.05, 0) is 55.3 Å². The van der Waals surface area contributed by atoms with Crippen LogP contribution in [-0.4, -0.2) is 54.9 Å². The number of methoxy groups -OCH3 is 1. The van der Waals surface area contributed by atoms with Crippen molar-refractivity contribution in [2.75, 3.05) is 25.1 Å². The maximum Gasteiger partial charge on any atom is 0.253 e. The first-order valence-electron chi connectivity index (χ1n) is 10.3. The first-order valence-corrected chi connectivity index (χ1v) is 10.7. The highest BCUT2D eigenvalue weighted by Gasteiger charge is 2.40. The highest BCUT2D eigenvalue weighted by Crippen LogP contribution is 2.26. The summed E-state index contributed by atoms with van der Waals surface area (Å²) < 4.78 is 5.13. The Labute approximate surface area is 185 Å². The Bertz CT molecular complexity index is 987. The molecule has 0 saturated carbocycles. The zero-order valence-electron chi connectivity index (χ0n) is 17.2. The SMILES string of the molecule is COc1ccc(C(=O)N2CCC(N[C@@H]3CC(=O)N(c4cccc(Cl)c4)C3=O)CC2)cc1. The second-order valence-electron chi connectivity index (χ2n) is 7.77. The Morgan fingerprint density at radius 1 is 1.10 bits per heavy atom. The molecule has 1 N–H and O–H groups in total. The number of benzene rings is 2. The molecule has 0 spiro atoms. The van der Waals surface area contributed by atoms with E-state index in [1.807, 2.05) is 4.90 Å². The minimum Gasteiger partial charge on any atom is -0.497 e. The zero-order chi connectivity index (χ0) is 22.0. The number of nitrogens with zero attached hydrogens (tertiary/aromatic N) is 2. The number of anilines is 1. The van der Waals surface area contributed by atoms with E-state index in [9.17, 15) is 14.4 Å². The number of likely N-dealkylation sites (tertiary alicyclic amines) is 1. The van der Waals surface area contributed by atoms with E-state index in [4.69, 9.17) is 16.3 Å². The van der Waals surface area contributed by atoms with Crippen LogP contribution in [0.1, 0.15) is 29.6 Å². The lowest BCUT2D eigenvalue weighted by Gasteiger charge is -2.33. The number of ether oxygens (including phenoxy) is 1. The van der Waals surface area contributed by atoms with E-state index in [0.717, 1.165) is 12.8 Å². The maximum absolute atomic E-state index is 12.8. The van der Waals surface area contributed by atoms with Crippen LogP contribution in [0.25, 0.3) is 0 Å². The summed E-state index contributed by atoms with van der Waals surface area (Å²) in [5.41, 5.74) is 1.12. The second kappa shape index (κ2) is 9.08. The normalized spacial score (nSPS) is 19.7. The number of halogens is 1. The standard InChI is InChI=1S/C23H24ClN3O4/c1-31-19-7-5-15(6-8-19)22(29)26-11-9-17(10-12-26)25-20-14-21(28)27(23(20)30)18-4-2-3-16(24)13-18/h2-8,13,17,20,25H,9-12,14H2,1H3/t20-/m1/s1. The first-order chi connectivity index (χ1) is 15.0. The largest absolute Gasteiger partial charge is 0.497 e. The molecule has 31 heavy (non-hydrogen) atoms. The number of rotatable bonds is 5. The first kappa shape index (κ1) is 21.3. The van der Waals surface area contributed by atoms with Crippen molar-refractivity contribution in [2.24, 2.45) is 0 Å². The summed E-state index contributed by atoms with van der Waals surface area (Å²) >= 11 is 6.01. The van der Waals surface area contributed by atoms with Gasteiger partial charge in [0, 0.05) is 29.7 Å². The molecule has 0 bridgehead atoms. The van der Waals surface area contributed by atoms with Gasteiger partial charge in [0.2, 0.25) is 5.91 Å². The summed E-state index contributed by atoms with van der Waals surface area (Å²) in [7, 11) is 1.59. The van der Waals surface area contributed by atoms with Crippen molar-refractivity contribution in [3.05, 3.63) is 59.1 Å². The molecule has 7 nitrogen and oxygen atoms in total. The van der Waals surface area contributed by atoms with E-state index >= 15 is 0 Å². The number of amides is 3. The second-order valence-corrected chi connectivity index (χ2v) is 8.20. The van der Waals surface area contributed by atoms with Crippen LogP contribution in [0.4, 0.5) is 5.69 Å². The molecule has 0 aliphatic carbocycles. The average molecular weight is 442 g/mol. The molecule has 2 heterocycles. The van der Waals surface area contributed by atoms with Gasteiger partial charge < -0.3 is 15.0 Å². The molecule has 8 heteroatoms. The van der Waals surface area contributed by atoms with Gasteiger partial charge in [-0.25, -0.2) is 4.90 Å². The summed E-state index contributed by atoms with van der Waals surface area (Å²) in [5.74, 6) is 0.198. The molecule has 0 radical (unpaired) electrons. The molecule has 2 aromatic carbocycles. The third kappa shape index (κ3) is 4.57. The molecule has 2 saturated heterocycles. The molecule has 0 aromatic heterocycles. The molecule has 3 amide bonds. The lowest BCUT2D eigenvalue weighted by atomic mass is 10.0. The smallest absolute Gasteiger partial charge is 0.253 e. The Hall–Kier alpha value is -2.90. The number of piperidine rings is 1. The van der Waals surface area contributed by atoms with E-state index in [0.29, 0.717) is 35.1 Å². The Balaban J connectivity index is 1.33. The lowest BCUT2D eigenvalue weighted by molar-refractivity contribution is -0.121. The fourth-order valence-corrected chi connectivity index (χ4v) is 4.28. The van der Waals surface area contributed by atoms with Gasteiger partial charge in [0.25, 0.3) is 11.8 Å². The fraction of sp³-hybridized carbons (Fsp3) is 0.348. The topological polar surface area (TPSA) is 79.0 Å². The quantitative estimate of drug-likeness (QED) is 0.722. The summed E-state index contributed by atoms with van der Waals surface area (Å²) in [6.07, 6.45) is 1.56. The molecule has 4 rings (SSSR count). The monoisotopic (exact) mass is 441 g/mol. The summed E-state index contributed by atoms with van der Waals surface area (Å²) in [4.78, 5) is 41.0. The van der Waals surface area contributed by atoms with Crippen molar-refractivity contribution in [1.82, 2.24) is 10.2 Å². The molecule has 2 aromatic rings. The van der Waals surface area contributed by atoms with Crippen molar-refractivity contribution in [3.63, 3.8) is 0 Å². The predicted octanol–water partition coefficient (Wildman–Crippen LogP) is 2.87. The predicted molar refractivity (Wildman–Crippen MR) is 117 cm³/mol. The van der Waals surface area contributed by atoms with Gasteiger partial charge in [-0.15, -0.1) is 0 Å². The van der Waals surface area contributed by atoms with Crippen LogP contribution in [0.2, 0.25) is 5.02 Å². The van der Waals surface area contributed by atoms with Crippen molar-refractivity contribution >= 4 is 35.0 Å². The molecule has 2 aliphatic heterocycles. The molecule has 0 unspecified atom stereocenters. The number of hydrogen-bond donors (Lipinski definition) is 1. The van der Waals surface area contributed by atoms with Crippen molar-refractivity contribution < 1.29 is 19.1 Å². The fourth-order valence-electron chi connectivity index (χ4n) is 4.10. The summed E-state index contributed by atoms with van der Waals surface area (Å²) in [6.45, 7) is 1.19. The molecule has 2 aliphatic rings. The van der Waals surface area contributed by atoms with E-state index in [-0.39, 0.29) is 30.2 Å². The summed E-state index contributed by atoms with van der Waals surface area (Å²) in [5, 5.41) is 3.80. The summed E-state index contributed by atoms with van der Waals surface area (Å²) in [6, 6.07) is 13.3. The minimum absolute atomic E-state index is 0.0136. The molecule has 1 atom stereocenters. The molecule has 162 valence electrons. The van der Waals surface area contributed by atoms with E-state index < -0.39 is 6.04 Å². The maximum atomic E-state index is 12.8. The van der Waals surface area contributed by atoms with Crippen LogP contribution in [-0.2, 0) is 9.59 Å². The number of nitrogens with one attached hydrogen (secondary N) is 1. The highest BCUT2D eigenvalue weighted by atomic mass is 35.5. The minimum atomic E-state index is -0.555. The van der Waals surface area contributed by atoms with E-state index in [1.54, 1.807) is 55.6 Å². The number of hydrogen-bond acceptors (Lipinski definition) is 5. The van der Waals surface area contributed by atoms with Crippen molar-refractivity contribution in [1.29, 1.82) is 0 Å². The third-order valence-corrected chi connectivity index (χ3v) is 6.00. The van der Waals surface area contributed by atoms with Gasteiger partial charge in [-0.1, -0.05) is 17.7 Å². The zero-order valence-corrected chi connectivity index (χ0v) is 18.0. The van der Waals surface area contributed by atoms with Gasteiger partial charge in [0.15, 0.2) is 0 Å². The van der Waals surface area contributed by atoms with E-state index in [2.05, 4.69) is 5.32 Å². The van der Waals surface area contributed by atoms with Gasteiger partial charge in [-0.2, -0.15) is 0 Å². The Morgan fingerprint density at radius 3 is 2.45 bits per heavy atom. The van der Waals surface area contributed by atoms with Crippen LogP contribution >= 0.6 is 11.6 Å². The number of carbonyl (C=O) groups excluding carboxylic acids is 3. The molecule has 2 fully saturated rings. The van der Waals surface area contributed by atoms with Gasteiger partial charge in [-0.3, -0.25) is 14.4 Å². The highest BCUT2D eigenvalue weighted by molar-refractivity contribution is 6.31. The van der Waals surface area contributed by atoms with Gasteiger partial charge in [0.1, 0.15) is 5.75 Å². The van der Waals surface area contributed by atoms with Crippen LogP contribution in [0.5, 0.6) is 5.75 Å². The number of carbonyl (C=O) groups is 3. The van der Waals surface area contributed by atoms with Gasteiger partial charge >= 0.3 is 0 Å². The van der Waals surface area contributed by atoms with Crippen LogP contribution in [0, 0.1) is 0 Å². The Morgan fingerprint density at radius 2 is 1.81 bits per heavy atom. The van der Waals surface area contributed by atoms with Crippen LogP contribution < -0.4 is 15.0 Å². The Kier molecular flexibility index (Phi) is 6.25. The van der Waals surface area contributed by atoms with Crippen molar-refractivity contribution in [2.45, 2.75) is 31.3 Å². The average Bonchev–Trinajstić information content (AvgIpc) is 3.06. The van der Waals surface area contributed by atoms with Gasteiger partial charge in [0.05, 0.1) is 25.3 Å². The molecular formula is C23H24ClN3O4. The third-order valence-electron chi connectivity index (χ3n) is 5.77. The van der Waals surface area contributed by atoms with Crippen LogP contribution in [0.15, 0.2) is 48.5 Å². The lowest BCUT2D eigenvalue weighted by Crippen LogP contribution is -2.49. The molecular weight excluding hydrogens is 418 g/mol. The van der Waals surface area contributed by atoms with Crippen molar-refractivity contribution in [3.8, 4) is 5.75 Å². The van der Waals surface area contributed by atoms with E-state index in [1.165, 1.54) is 4.90 Å². The number of imide groups is 1.